The van der Waals surface area contributed by atoms with Gasteiger partial charge in [0.1, 0.15) is 5.03 Å². The Hall–Kier alpha value is -1.97. The third kappa shape index (κ3) is 6.60. The van der Waals surface area contributed by atoms with Gasteiger partial charge in [0, 0.05) is 25.3 Å². The molecule has 0 spiro atoms. The average molecular weight is 407 g/mol. The van der Waals surface area contributed by atoms with Gasteiger partial charge in [-0.2, -0.15) is 0 Å². The van der Waals surface area contributed by atoms with Gasteiger partial charge >= 0.3 is 0 Å². The van der Waals surface area contributed by atoms with Crippen molar-refractivity contribution in [2.45, 2.75) is 36.8 Å². The summed E-state index contributed by atoms with van der Waals surface area (Å²) in [5.41, 5.74) is 0. The molecule has 0 saturated carbocycles. The molecule has 0 aliphatic carbocycles. The molecule has 9 heteroatoms. The molecule has 2 aromatic rings. The van der Waals surface area contributed by atoms with E-state index in [-0.39, 0.29) is 17.9 Å². The SMILES string of the molecule is O=C(CCCSc1ccc(NC(=O)c2cccs2)nn1)NC[C@H]1CCCO1. The van der Waals surface area contributed by atoms with Crippen molar-refractivity contribution in [2.24, 2.45) is 0 Å². The highest BCUT2D eigenvalue weighted by molar-refractivity contribution is 7.99. The lowest BCUT2D eigenvalue weighted by Gasteiger charge is -2.10. The lowest BCUT2D eigenvalue weighted by Crippen LogP contribution is -2.31. The summed E-state index contributed by atoms with van der Waals surface area (Å²) in [5, 5.41) is 16.4. The van der Waals surface area contributed by atoms with Crippen LogP contribution in [0.5, 0.6) is 0 Å². The summed E-state index contributed by atoms with van der Waals surface area (Å²) in [7, 11) is 0. The Bertz CT molecular complexity index is 732. The molecular weight excluding hydrogens is 384 g/mol. The van der Waals surface area contributed by atoms with E-state index in [9.17, 15) is 9.59 Å². The summed E-state index contributed by atoms with van der Waals surface area (Å²) in [6, 6.07) is 7.14. The minimum atomic E-state index is -0.186. The van der Waals surface area contributed by atoms with E-state index in [1.54, 1.807) is 23.9 Å². The van der Waals surface area contributed by atoms with E-state index in [0.29, 0.717) is 23.7 Å². The van der Waals surface area contributed by atoms with E-state index in [0.717, 1.165) is 36.6 Å². The van der Waals surface area contributed by atoms with Crippen LogP contribution in [0.25, 0.3) is 0 Å². The quantitative estimate of drug-likeness (QED) is 0.491. The molecule has 3 rings (SSSR count). The van der Waals surface area contributed by atoms with E-state index in [1.807, 2.05) is 17.5 Å². The normalized spacial score (nSPS) is 16.2. The van der Waals surface area contributed by atoms with Gasteiger partial charge in [0.25, 0.3) is 5.91 Å². The van der Waals surface area contributed by atoms with Crippen molar-refractivity contribution in [2.75, 3.05) is 24.2 Å². The summed E-state index contributed by atoms with van der Waals surface area (Å²) >= 11 is 2.92. The molecule has 1 atom stereocenters. The molecular formula is C18H22N4O3S2. The highest BCUT2D eigenvalue weighted by atomic mass is 32.2. The van der Waals surface area contributed by atoms with Crippen LogP contribution in [0.2, 0.25) is 0 Å². The minimum Gasteiger partial charge on any atom is -0.376 e. The zero-order valence-electron chi connectivity index (χ0n) is 14.8. The van der Waals surface area contributed by atoms with E-state index in [1.165, 1.54) is 11.3 Å². The largest absolute Gasteiger partial charge is 0.376 e. The Morgan fingerprint density at radius 3 is 2.93 bits per heavy atom. The molecule has 1 aliphatic heterocycles. The number of carbonyl (C=O) groups is 2. The monoisotopic (exact) mass is 406 g/mol. The first-order chi connectivity index (χ1) is 13.2. The van der Waals surface area contributed by atoms with Gasteiger partial charge < -0.3 is 15.4 Å². The second kappa shape index (κ2) is 10.4. The van der Waals surface area contributed by atoms with Crippen molar-refractivity contribution in [3.63, 3.8) is 0 Å². The van der Waals surface area contributed by atoms with Crippen LogP contribution in [-0.4, -0.2) is 47.0 Å². The van der Waals surface area contributed by atoms with E-state index >= 15 is 0 Å². The third-order valence-corrected chi connectivity index (χ3v) is 5.85. The maximum absolute atomic E-state index is 12.0. The predicted octanol–water partition coefficient (Wildman–Crippen LogP) is 2.96. The number of thiophene rings is 1. The van der Waals surface area contributed by atoms with Crippen LogP contribution in [0.4, 0.5) is 5.82 Å². The van der Waals surface area contributed by atoms with Crippen LogP contribution in [-0.2, 0) is 9.53 Å². The van der Waals surface area contributed by atoms with Gasteiger partial charge in [-0.05, 0) is 42.8 Å². The second-order valence-electron chi connectivity index (χ2n) is 6.08. The summed E-state index contributed by atoms with van der Waals surface area (Å²) in [6.07, 6.45) is 3.54. The van der Waals surface area contributed by atoms with Crippen molar-refractivity contribution < 1.29 is 14.3 Å². The maximum atomic E-state index is 12.0. The average Bonchev–Trinajstić information content (AvgIpc) is 3.38. The first-order valence-electron chi connectivity index (χ1n) is 8.90. The van der Waals surface area contributed by atoms with Crippen molar-refractivity contribution in [1.82, 2.24) is 15.5 Å². The number of nitrogens with one attached hydrogen (secondary N) is 2. The third-order valence-electron chi connectivity index (χ3n) is 3.98. The summed E-state index contributed by atoms with van der Waals surface area (Å²) in [6.45, 7) is 1.41. The van der Waals surface area contributed by atoms with Crippen molar-refractivity contribution in [1.29, 1.82) is 0 Å². The first kappa shape index (κ1) is 19.8. The fourth-order valence-corrected chi connectivity index (χ4v) is 3.96. The smallest absolute Gasteiger partial charge is 0.266 e. The predicted molar refractivity (Wildman–Crippen MR) is 106 cm³/mol. The van der Waals surface area contributed by atoms with E-state index < -0.39 is 0 Å². The van der Waals surface area contributed by atoms with E-state index in [4.69, 9.17) is 4.74 Å². The molecule has 2 aromatic heterocycles. The van der Waals surface area contributed by atoms with Gasteiger partial charge in [-0.3, -0.25) is 9.59 Å². The van der Waals surface area contributed by atoms with Gasteiger partial charge in [-0.25, -0.2) is 0 Å². The number of aromatic nitrogens is 2. The Kier molecular flexibility index (Phi) is 7.61. The summed E-state index contributed by atoms with van der Waals surface area (Å²) in [5.74, 6) is 1.08. The topological polar surface area (TPSA) is 93.2 Å². The number of rotatable bonds is 9. The number of thioether (sulfide) groups is 1. The molecule has 0 unspecified atom stereocenters. The van der Waals surface area contributed by atoms with Gasteiger partial charge in [-0.15, -0.1) is 33.3 Å². The van der Waals surface area contributed by atoms with Gasteiger partial charge in [0.05, 0.1) is 11.0 Å². The highest BCUT2D eigenvalue weighted by Gasteiger charge is 2.15. The molecule has 2 N–H and O–H groups in total. The van der Waals surface area contributed by atoms with Crippen LogP contribution >= 0.6 is 23.1 Å². The first-order valence-corrected chi connectivity index (χ1v) is 10.8. The Balaban J connectivity index is 1.31. The molecule has 7 nitrogen and oxygen atoms in total. The number of anilines is 1. The summed E-state index contributed by atoms with van der Waals surface area (Å²) in [4.78, 5) is 24.4. The van der Waals surface area contributed by atoms with Crippen LogP contribution in [0.1, 0.15) is 35.4 Å². The lowest BCUT2D eigenvalue weighted by molar-refractivity contribution is -0.121. The van der Waals surface area contributed by atoms with Gasteiger partial charge in [-0.1, -0.05) is 6.07 Å². The second-order valence-corrected chi connectivity index (χ2v) is 8.14. The molecule has 0 radical (unpaired) electrons. The standard InChI is InChI=1S/C18H22N4O3S2/c23-16(19-12-13-4-1-9-25-13)6-3-11-27-17-8-7-15(21-22-17)20-18(24)14-5-2-10-26-14/h2,5,7-8,10,13H,1,3-4,6,9,11-12H2,(H,19,23)(H,20,21,24)/t13-/m1/s1. The molecule has 0 aromatic carbocycles. The number of hydrogen-bond donors (Lipinski definition) is 2. The van der Waals surface area contributed by atoms with Crippen molar-refractivity contribution >= 4 is 40.7 Å². The van der Waals surface area contributed by atoms with E-state index in [2.05, 4.69) is 20.8 Å². The molecule has 1 fully saturated rings. The Morgan fingerprint density at radius 1 is 1.30 bits per heavy atom. The zero-order chi connectivity index (χ0) is 18.9. The molecule has 1 saturated heterocycles. The van der Waals surface area contributed by atoms with Crippen LogP contribution in [0, 0.1) is 0 Å². The fourth-order valence-electron chi connectivity index (χ4n) is 2.58. The number of hydrogen-bond acceptors (Lipinski definition) is 7. The van der Waals surface area contributed by atoms with Gasteiger partial charge in [0.15, 0.2) is 5.82 Å². The van der Waals surface area contributed by atoms with Crippen molar-refractivity contribution in [3.05, 3.63) is 34.5 Å². The molecule has 3 heterocycles. The highest BCUT2D eigenvalue weighted by Crippen LogP contribution is 2.18. The Labute approximate surface area is 166 Å². The summed E-state index contributed by atoms with van der Waals surface area (Å²) < 4.78 is 5.48. The van der Waals surface area contributed by atoms with Crippen molar-refractivity contribution in [3.8, 4) is 0 Å². The lowest BCUT2D eigenvalue weighted by atomic mass is 10.2. The maximum Gasteiger partial charge on any atom is 0.266 e. The molecule has 0 bridgehead atoms. The number of amides is 2. The Morgan fingerprint density at radius 2 is 2.22 bits per heavy atom. The fraction of sp³-hybridized carbons (Fsp3) is 0.444. The van der Waals surface area contributed by atoms with Crippen LogP contribution in [0.3, 0.4) is 0 Å². The molecule has 1 aliphatic rings. The van der Waals surface area contributed by atoms with Gasteiger partial charge in [0.2, 0.25) is 5.91 Å². The number of ether oxygens (including phenoxy) is 1. The minimum absolute atomic E-state index is 0.0591. The molecule has 144 valence electrons. The number of nitrogens with zero attached hydrogens (tertiary/aromatic N) is 2. The molecule has 27 heavy (non-hydrogen) atoms. The molecule has 2 amide bonds. The number of carbonyl (C=O) groups excluding carboxylic acids is 2. The van der Waals surface area contributed by atoms with Crippen LogP contribution < -0.4 is 10.6 Å². The van der Waals surface area contributed by atoms with Crippen LogP contribution in [0.15, 0.2) is 34.7 Å². The zero-order valence-corrected chi connectivity index (χ0v) is 16.5.